The van der Waals surface area contributed by atoms with E-state index >= 15 is 0 Å². The first-order chi connectivity index (χ1) is 6.62. The lowest BCUT2D eigenvalue weighted by molar-refractivity contribution is 0.264. The fourth-order valence-electron chi connectivity index (χ4n) is 1.52. The highest BCUT2D eigenvalue weighted by molar-refractivity contribution is 5.20. The van der Waals surface area contributed by atoms with Crippen LogP contribution in [0.3, 0.4) is 0 Å². The number of nitrogens with two attached hydrogens (primary N) is 1. The van der Waals surface area contributed by atoms with E-state index in [2.05, 4.69) is 0 Å². The van der Waals surface area contributed by atoms with Crippen molar-refractivity contribution in [2.24, 2.45) is 5.73 Å². The summed E-state index contributed by atoms with van der Waals surface area (Å²) in [6, 6.07) is 6.26. The Morgan fingerprint density at radius 1 is 1.36 bits per heavy atom. The predicted octanol–water partition coefficient (Wildman–Crippen LogP) is 2.20. The van der Waals surface area contributed by atoms with Crippen molar-refractivity contribution in [3.05, 3.63) is 35.6 Å². The standard InChI is InChI=1S/C11H13F2N/c12-9-4-2-1-3-8(9)7-10(13)11(14)5-6-11/h1-4,10H,5-7,14H2. The summed E-state index contributed by atoms with van der Waals surface area (Å²) < 4.78 is 26.7. The molecule has 0 amide bonds. The Labute approximate surface area is 81.9 Å². The van der Waals surface area contributed by atoms with E-state index in [9.17, 15) is 8.78 Å². The van der Waals surface area contributed by atoms with Gasteiger partial charge >= 0.3 is 0 Å². The van der Waals surface area contributed by atoms with Gasteiger partial charge in [0.2, 0.25) is 0 Å². The van der Waals surface area contributed by atoms with Crippen molar-refractivity contribution in [3.8, 4) is 0 Å². The molecule has 0 saturated heterocycles. The molecular formula is C11H13F2N. The molecule has 0 spiro atoms. The van der Waals surface area contributed by atoms with Crippen LogP contribution in [0.2, 0.25) is 0 Å². The number of benzene rings is 1. The van der Waals surface area contributed by atoms with Gasteiger partial charge in [0.15, 0.2) is 0 Å². The number of hydrogen-bond donors (Lipinski definition) is 1. The smallest absolute Gasteiger partial charge is 0.126 e. The monoisotopic (exact) mass is 197 g/mol. The quantitative estimate of drug-likeness (QED) is 0.789. The maximum Gasteiger partial charge on any atom is 0.126 e. The summed E-state index contributed by atoms with van der Waals surface area (Å²) in [5, 5.41) is 0. The second-order valence-corrected chi connectivity index (χ2v) is 4.00. The Morgan fingerprint density at radius 2 is 2.00 bits per heavy atom. The molecule has 0 heterocycles. The van der Waals surface area contributed by atoms with Gasteiger partial charge in [-0.3, -0.25) is 0 Å². The number of rotatable bonds is 3. The predicted molar refractivity (Wildman–Crippen MR) is 51.2 cm³/mol. The van der Waals surface area contributed by atoms with E-state index in [-0.39, 0.29) is 12.2 Å². The van der Waals surface area contributed by atoms with E-state index in [1.165, 1.54) is 6.07 Å². The molecule has 0 radical (unpaired) electrons. The SMILES string of the molecule is NC1(C(F)Cc2ccccc2F)CC1. The van der Waals surface area contributed by atoms with Gasteiger partial charge in [0.25, 0.3) is 0 Å². The average Bonchev–Trinajstić information content (AvgIpc) is 2.89. The third kappa shape index (κ3) is 1.77. The van der Waals surface area contributed by atoms with Gasteiger partial charge in [0.05, 0.1) is 0 Å². The van der Waals surface area contributed by atoms with Crippen LogP contribution in [-0.2, 0) is 6.42 Å². The summed E-state index contributed by atoms with van der Waals surface area (Å²) in [5.41, 5.74) is 5.43. The average molecular weight is 197 g/mol. The van der Waals surface area contributed by atoms with Gasteiger partial charge in [-0.05, 0) is 24.5 Å². The van der Waals surface area contributed by atoms with E-state index in [4.69, 9.17) is 5.73 Å². The van der Waals surface area contributed by atoms with E-state index < -0.39 is 11.7 Å². The third-order valence-corrected chi connectivity index (χ3v) is 2.81. The molecule has 3 heteroatoms. The van der Waals surface area contributed by atoms with E-state index in [1.54, 1.807) is 18.2 Å². The van der Waals surface area contributed by atoms with Crippen molar-refractivity contribution in [1.82, 2.24) is 0 Å². The summed E-state index contributed by atoms with van der Waals surface area (Å²) >= 11 is 0. The van der Waals surface area contributed by atoms with Gasteiger partial charge in [-0.25, -0.2) is 8.78 Å². The highest BCUT2D eigenvalue weighted by Crippen LogP contribution is 2.38. The molecule has 1 aliphatic rings. The second kappa shape index (κ2) is 3.31. The molecule has 1 fully saturated rings. The van der Waals surface area contributed by atoms with Crippen LogP contribution in [0.25, 0.3) is 0 Å². The zero-order valence-corrected chi connectivity index (χ0v) is 7.84. The highest BCUT2D eigenvalue weighted by Gasteiger charge is 2.46. The number of hydrogen-bond acceptors (Lipinski definition) is 1. The summed E-state index contributed by atoms with van der Waals surface area (Å²) in [5.74, 6) is -0.348. The molecule has 1 saturated carbocycles. The zero-order chi connectivity index (χ0) is 10.2. The lowest BCUT2D eigenvalue weighted by atomic mass is 10.0. The summed E-state index contributed by atoms with van der Waals surface area (Å²) in [4.78, 5) is 0. The van der Waals surface area contributed by atoms with E-state index in [0.29, 0.717) is 18.4 Å². The molecule has 1 nitrogen and oxygen atoms in total. The van der Waals surface area contributed by atoms with Crippen molar-refractivity contribution in [2.75, 3.05) is 0 Å². The molecule has 76 valence electrons. The molecule has 2 N–H and O–H groups in total. The van der Waals surface area contributed by atoms with Crippen LogP contribution < -0.4 is 5.73 Å². The Hall–Kier alpha value is -0.960. The van der Waals surface area contributed by atoms with Crippen molar-refractivity contribution in [3.63, 3.8) is 0 Å². The molecular weight excluding hydrogens is 184 g/mol. The van der Waals surface area contributed by atoms with Crippen LogP contribution in [0.15, 0.2) is 24.3 Å². The first-order valence-electron chi connectivity index (χ1n) is 4.78. The van der Waals surface area contributed by atoms with Gasteiger partial charge in [0, 0.05) is 12.0 Å². The van der Waals surface area contributed by atoms with Gasteiger partial charge in [-0.1, -0.05) is 18.2 Å². The largest absolute Gasteiger partial charge is 0.323 e. The maximum absolute atomic E-state index is 13.5. The number of alkyl halides is 1. The molecule has 1 aromatic carbocycles. The molecule has 0 aliphatic heterocycles. The van der Waals surface area contributed by atoms with Crippen LogP contribution >= 0.6 is 0 Å². The summed E-state index contributed by atoms with van der Waals surface area (Å²) in [6.45, 7) is 0. The molecule has 1 atom stereocenters. The minimum atomic E-state index is -1.13. The zero-order valence-electron chi connectivity index (χ0n) is 7.84. The first-order valence-corrected chi connectivity index (χ1v) is 4.78. The molecule has 1 aliphatic carbocycles. The topological polar surface area (TPSA) is 26.0 Å². The molecule has 14 heavy (non-hydrogen) atoms. The second-order valence-electron chi connectivity index (χ2n) is 4.00. The molecule has 0 bridgehead atoms. The summed E-state index contributed by atoms with van der Waals surface area (Å²) in [7, 11) is 0. The molecule has 1 aromatic rings. The van der Waals surface area contributed by atoms with Gasteiger partial charge in [-0.2, -0.15) is 0 Å². The van der Waals surface area contributed by atoms with Crippen LogP contribution in [0, 0.1) is 5.82 Å². The van der Waals surface area contributed by atoms with Gasteiger partial charge < -0.3 is 5.73 Å². The molecule has 1 unspecified atom stereocenters. The van der Waals surface area contributed by atoms with Gasteiger partial charge in [-0.15, -0.1) is 0 Å². The van der Waals surface area contributed by atoms with Gasteiger partial charge in [0.1, 0.15) is 12.0 Å². The van der Waals surface area contributed by atoms with Crippen molar-refractivity contribution < 1.29 is 8.78 Å². The van der Waals surface area contributed by atoms with Crippen molar-refractivity contribution in [2.45, 2.75) is 31.0 Å². The fourth-order valence-corrected chi connectivity index (χ4v) is 1.52. The van der Waals surface area contributed by atoms with Crippen molar-refractivity contribution >= 4 is 0 Å². The van der Waals surface area contributed by atoms with Crippen LogP contribution in [-0.4, -0.2) is 11.7 Å². The van der Waals surface area contributed by atoms with Crippen LogP contribution in [0.5, 0.6) is 0 Å². The van der Waals surface area contributed by atoms with E-state index in [1.807, 2.05) is 0 Å². The van der Waals surface area contributed by atoms with Crippen LogP contribution in [0.1, 0.15) is 18.4 Å². The number of halogens is 2. The summed E-state index contributed by atoms with van der Waals surface area (Å²) in [6.07, 6.45) is 0.383. The Bertz CT molecular complexity index is 334. The lowest BCUT2D eigenvalue weighted by Gasteiger charge is -2.15. The Kier molecular flexibility index (Phi) is 2.27. The Morgan fingerprint density at radius 3 is 2.57 bits per heavy atom. The third-order valence-electron chi connectivity index (χ3n) is 2.81. The van der Waals surface area contributed by atoms with E-state index in [0.717, 1.165) is 0 Å². The lowest BCUT2D eigenvalue weighted by Crippen LogP contribution is -2.35. The normalized spacial score (nSPS) is 20.5. The van der Waals surface area contributed by atoms with Crippen LogP contribution in [0.4, 0.5) is 8.78 Å². The highest BCUT2D eigenvalue weighted by atomic mass is 19.1. The molecule has 2 rings (SSSR count). The minimum Gasteiger partial charge on any atom is -0.323 e. The first kappa shape index (κ1) is 9.59. The van der Waals surface area contributed by atoms with Crippen molar-refractivity contribution in [1.29, 1.82) is 0 Å². The Balaban J connectivity index is 2.07. The maximum atomic E-state index is 13.5. The fraction of sp³-hybridized carbons (Fsp3) is 0.455. The molecule has 0 aromatic heterocycles. The minimum absolute atomic E-state index is 0.0865.